The molecule has 3 aromatic rings. The average Bonchev–Trinajstić information content (AvgIpc) is 3.06. The predicted molar refractivity (Wildman–Crippen MR) is 161 cm³/mol. The van der Waals surface area contributed by atoms with E-state index in [2.05, 4.69) is 4.90 Å². The van der Waals surface area contributed by atoms with Crippen LogP contribution in [0.4, 0.5) is 5.82 Å². The van der Waals surface area contributed by atoms with Gasteiger partial charge in [-0.1, -0.05) is 48.5 Å². The molecule has 2 aromatic carbocycles. The zero-order valence-corrected chi connectivity index (χ0v) is 24.1. The van der Waals surface area contributed by atoms with Crippen LogP contribution in [0.1, 0.15) is 16.7 Å². The summed E-state index contributed by atoms with van der Waals surface area (Å²) < 4.78 is 16.2. The largest absolute Gasteiger partial charge is 0.497 e. The molecule has 0 spiro atoms. The maximum Gasteiger partial charge on any atom is 0.247 e. The highest BCUT2D eigenvalue weighted by Crippen LogP contribution is 2.20. The van der Waals surface area contributed by atoms with Crippen molar-refractivity contribution in [2.75, 3.05) is 64.6 Å². The maximum absolute atomic E-state index is 14.0. The van der Waals surface area contributed by atoms with E-state index in [1.807, 2.05) is 71.6 Å². The lowest BCUT2D eigenvalue weighted by Gasteiger charge is -2.36. The summed E-state index contributed by atoms with van der Waals surface area (Å²) in [6.07, 6.45) is 5.52. The van der Waals surface area contributed by atoms with Gasteiger partial charge in [-0.15, -0.1) is 0 Å². The molecule has 0 saturated carbocycles. The predicted octanol–water partition coefficient (Wildman–Crippen LogP) is 3.44. The summed E-state index contributed by atoms with van der Waals surface area (Å²) in [7, 11) is 1.62. The molecule has 9 heteroatoms. The third kappa shape index (κ3) is 7.74. The first-order valence-electron chi connectivity index (χ1n) is 14.4. The van der Waals surface area contributed by atoms with Crippen LogP contribution in [0.25, 0.3) is 6.08 Å². The van der Waals surface area contributed by atoms with Crippen LogP contribution in [0.2, 0.25) is 0 Å². The lowest BCUT2D eigenvalue weighted by Crippen LogP contribution is -2.53. The number of benzene rings is 2. The van der Waals surface area contributed by atoms with E-state index < -0.39 is 6.04 Å². The molecule has 220 valence electrons. The summed E-state index contributed by atoms with van der Waals surface area (Å²) in [5.74, 6) is 1.30. The minimum atomic E-state index is -0.697. The van der Waals surface area contributed by atoms with Gasteiger partial charge in [0.05, 0.1) is 33.5 Å². The van der Waals surface area contributed by atoms with Gasteiger partial charge in [0.2, 0.25) is 11.8 Å². The van der Waals surface area contributed by atoms with Crippen LogP contribution in [-0.4, -0.2) is 92.4 Å². The Bertz CT molecular complexity index is 1320. The Morgan fingerprint density at radius 2 is 1.60 bits per heavy atom. The number of hydrogen-bond donors (Lipinski definition) is 0. The van der Waals surface area contributed by atoms with Crippen LogP contribution < -0.4 is 9.64 Å². The van der Waals surface area contributed by atoms with E-state index in [1.54, 1.807) is 30.4 Å². The highest BCUT2D eigenvalue weighted by molar-refractivity contribution is 5.95. The Kier molecular flexibility index (Phi) is 10.2. The molecule has 0 bridgehead atoms. The Morgan fingerprint density at radius 3 is 2.24 bits per heavy atom. The normalized spacial score (nSPS) is 16.3. The number of anilines is 1. The van der Waals surface area contributed by atoms with E-state index in [-0.39, 0.29) is 18.4 Å². The molecular weight excluding hydrogens is 532 g/mol. The first-order chi connectivity index (χ1) is 20.6. The lowest BCUT2D eigenvalue weighted by atomic mass is 10.0. The maximum atomic E-state index is 14.0. The summed E-state index contributed by atoms with van der Waals surface area (Å²) in [4.78, 5) is 38.4. The molecule has 2 aliphatic heterocycles. The van der Waals surface area contributed by atoms with Gasteiger partial charge in [0.1, 0.15) is 17.6 Å². The highest BCUT2D eigenvalue weighted by atomic mass is 16.5. The molecule has 0 unspecified atom stereocenters. The molecule has 0 aliphatic carbocycles. The van der Waals surface area contributed by atoms with Gasteiger partial charge in [-0.25, -0.2) is 4.98 Å². The summed E-state index contributed by atoms with van der Waals surface area (Å²) in [5, 5.41) is 0. The van der Waals surface area contributed by atoms with Crippen molar-refractivity contribution in [3.05, 3.63) is 95.7 Å². The standard InChI is InChI=1S/C33H38N4O5/c1-40-29-11-7-26(8-12-29)10-14-32(38)37(25-28-9-13-31(34-24-28)35-15-19-41-20-16-35)30(23-27-5-3-2-4-6-27)33(39)36-17-21-42-22-18-36/h2-14,24,30H,15-23,25H2,1H3/b14-10+/t30-/m0/s1. The molecule has 2 amide bonds. The van der Waals surface area contributed by atoms with Crippen molar-refractivity contribution in [1.82, 2.24) is 14.8 Å². The molecule has 3 heterocycles. The second-order valence-electron chi connectivity index (χ2n) is 10.3. The van der Waals surface area contributed by atoms with E-state index in [0.29, 0.717) is 45.9 Å². The van der Waals surface area contributed by atoms with E-state index in [4.69, 9.17) is 19.2 Å². The third-order valence-electron chi connectivity index (χ3n) is 7.57. The molecule has 0 N–H and O–H groups in total. The zero-order chi connectivity index (χ0) is 29.1. The van der Waals surface area contributed by atoms with Crippen LogP contribution in [0, 0.1) is 0 Å². The monoisotopic (exact) mass is 570 g/mol. The topological polar surface area (TPSA) is 84.4 Å². The lowest BCUT2D eigenvalue weighted by molar-refractivity contribution is -0.147. The number of ether oxygens (including phenoxy) is 3. The quantitative estimate of drug-likeness (QED) is 0.346. The SMILES string of the molecule is COc1ccc(/C=C/C(=O)N(Cc2ccc(N3CCOCC3)nc2)[C@@H](Cc2ccccc2)C(=O)N2CCOCC2)cc1. The van der Waals surface area contributed by atoms with Crippen molar-refractivity contribution in [1.29, 1.82) is 0 Å². The van der Waals surface area contributed by atoms with Crippen molar-refractivity contribution in [3.63, 3.8) is 0 Å². The number of hydrogen-bond acceptors (Lipinski definition) is 7. The third-order valence-corrected chi connectivity index (χ3v) is 7.57. The summed E-state index contributed by atoms with van der Waals surface area (Å²) in [6.45, 7) is 5.17. The number of amides is 2. The number of carbonyl (C=O) groups is 2. The molecule has 5 rings (SSSR count). The van der Waals surface area contributed by atoms with Gasteiger partial charge in [0.15, 0.2) is 0 Å². The van der Waals surface area contributed by atoms with E-state index >= 15 is 0 Å². The first-order valence-corrected chi connectivity index (χ1v) is 14.4. The fourth-order valence-electron chi connectivity index (χ4n) is 5.17. The Morgan fingerprint density at radius 1 is 0.905 bits per heavy atom. The Labute approximate surface area is 247 Å². The second kappa shape index (κ2) is 14.6. The van der Waals surface area contributed by atoms with Crippen molar-refractivity contribution in [2.45, 2.75) is 19.0 Å². The molecular formula is C33H38N4O5. The minimum Gasteiger partial charge on any atom is -0.497 e. The van der Waals surface area contributed by atoms with Gasteiger partial charge in [0.25, 0.3) is 0 Å². The summed E-state index contributed by atoms with van der Waals surface area (Å²) >= 11 is 0. The van der Waals surface area contributed by atoms with Gasteiger partial charge in [0, 0.05) is 51.4 Å². The number of methoxy groups -OCH3 is 1. The van der Waals surface area contributed by atoms with Crippen molar-refractivity contribution < 1.29 is 23.8 Å². The Balaban J connectivity index is 1.44. The van der Waals surface area contributed by atoms with Gasteiger partial charge in [-0.3, -0.25) is 9.59 Å². The van der Waals surface area contributed by atoms with Gasteiger partial charge >= 0.3 is 0 Å². The fraction of sp³-hybridized carbons (Fsp3) is 0.364. The number of pyridine rings is 1. The number of nitrogens with zero attached hydrogens (tertiary/aromatic N) is 4. The number of aromatic nitrogens is 1. The van der Waals surface area contributed by atoms with E-state index in [1.165, 1.54) is 0 Å². The second-order valence-corrected chi connectivity index (χ2v) is 10.3. The molecule has 1 aromatic heterocycles. The zero-order valence-electron chi connectivity index (χ0n) is 24.1. The van der Waals surface area contributed by atoms with Crippen molar-refractivity contribution in [2.24, 2.45) is 0 Å². The smallest absolute Gasteiger partial charge is 0.247 e. The molecule has 0 radical (unpaired) electrons. The van der Waals surface area contributed by atoms with Crippen LogP contribution in [-0.2, 0) is 32.0 Å². The van der Waals surface area contributed by atoms with Crippen LogP contribution in [0.15, 0.2) is 79.0 Å². The molecule has 2 saturated heterocycles. The molecule has 9 nitrogen and oxygen atoms in total. The molecule has 42 heavy (non-hydrogen) atoms. The molecule has 2 aliphatic rings. The summed E-state index contributed by atoms with van der Waals surface area (Å²) in [5.41, 5.74) is 2.70. The summed E-state index contributed by atoms with van der Waals surface area (Å²) in [6, 6.07) is 20.6. The van der Waals surface area contributed by atoms with Crippen LogP contribution >= 0.6 is 0 Å². The Hall–Kier alpha value is -4.21. The number of morpholine rings is 2. The van der Waals surface area contributed by atoms with E-state index in [9.17, 15) is 9.59 Å². The average molecular weight is 571 g/mol. The minimum absolute atomic E-state index is 0.0775. The van der Waals surface area contributed by atoms with Crippen LogP contribution in [0.5, 0.6) is 5.75 Å². The first kappa shape index (κ1) is 29.3. The number of carbonyl (C=O) groups excluding carboxylic acids is 2. The van der Waals surface area contributed by atoms with Gasteiger partial charge < -0.3 is 28.9 Å². The van der Waals surface area contributed by atoms with E-state index in [0.717, 1.165) is 41.3 Å². The van der Waals surface area contributed by atoms with Gasteiger partial charge in [-0.2, -0.15) is 0 Å². The van der Waals surface area contributed by atoms with Gasteiger partial charge in [-0.05, 0) is 41.0 Å². The van der Waals surface area contributed by atoms with Crippen molar-refractivity contribution >= 4 is 23.7 Å². The molecule has 1 atom stereocenters. The number of rotatable bonds is 10. The fourth-order valence-corrected chi connectivity index (χ4v) is 5.17. The highest BCUT2D eigenvalue weighted by Gasteiger charge is 2.33. The molecule has 2 fully saturated rings. The van der Waals surface area contributed by atoms with Crippen LogP contribution in [0.3, 0.4) is 0 Å². The van der Waals surface area contributed by atoms with Crippen molar-refractivity contribution in [3.8, 4) is 5.75 Å².